The summed E-state index contributed by atoms with van der Waals surface area (Å²) >= 11 is 0. The highest BCUT2D eigenvalue weighted by atomic mass is 16.3. The molecule has 0 unspecified atom stereocenters. The molecule has 5 heteroatoms. The molecule has 3 rings (SSSR count). The molecule has 5 nitrogen and oxygen atoms in total. The van der Waals surface area contributed by atoms with Gasteiger partial charge in [-0.1, -0.05) is 60.7 Å². The normalized spacial score (nSPS) is 10.6. The molecular formula is C22H22N2O3. The fourth-order valence-electron chi connectivity index (χ4n) is 2.95. The zero-order valence-electron chi connectivity index (χ0n) is 15.1. The van der Waals surface area contributed by atoms with Crippen LogP contribution in [0.4, 0.5) is 0 Å². The Morgan fingerprint density at radius 2 is 1.48 bits per heavy atom. The summed E-state index contributed by atoms with van der Waals surface area (Å²) in [4.78, 5) is 24.3. The van der Waals surface area contributed by atoms with Gasteiger partial charge in [0.25, 0.3) is 5.91 Å². The quantitative estimate of drug-likeness (QED) is 0.678. The third-order valence-electron chi connectivity index (χ3n) is 4.42. The predicted molar refractivity (Wildman–Crippen MR) is 104 cm³/mol. The second-order valence-electron chi connectivity index (χ2n) is 6.25. The van der Waals surface area contributed by atoms with Crippen molar-refractivity contribution in [2.24, 2.45) is 0 Å². The molecule has 0 radical (unpaired) electrons. The maximum absolute atomic E-state index is 12.2. The van der Waals surface area contributed by atoms with Crippen molar-refractivity contribution in [2.75, 3.05) is 13.1 Å². The first kappa shape index (κ1) is 18.5. The summed E-state index contributed by atoms with van der Waals surface area (Å²) < 4.78 is 5.11. The largest absolute Gasteiger partial charge is 0.469 e. The fourth-order valence-corrected chi connectivity index (χ4v) is 2.95. The van der Waals surface area contributed by atoms with Crippen molar-refractivity contribution in [3.63, 3.8) is 0 Å². The van der Waals surface area contributed by atoms with E-state index in [0.717, 1.165) is 11.1 Å². The first-order valence-electron chi connectivity index (χ1n) is 8.84. The average molecular weight is 362 g/mol. The molecule has 0 saturated heterocycles. The van der Waals surface area contributed by atoms with Gasteiger partial charge >= 0.3 is 0 Å². The van der Waals surface area contributed by atoms with Gasteiger partial charge in [0.15, 0.2) is 0 Å². The van der Waals surface area contributed by atoms with Gasteiger partial charge in [-0.15, -0.1) is 0 Å². The van der Waals surface area contributed by atoms with E-state index in [1.807, 2.05) is 60.7 Å². The van der Waals surface area contributed by atoms with Gasteiger partial charge in [0.05, 0.1) is 18.4 Å². The van der Waals surface area contributed by atoms with E-state index in [1.165, 1.54) is 6.26 Å². The maximum Gasteiger partial charge on any atom is 0.255 e. The van der Waals surface area contributed by atoms with Crippen LogP contribution in [0.2, 0.25) is 0 Å². The number of rotatable bonds is 7. The van der Waals surface area contributed by atoms with Gasteiger partial charge in [0.2, 0.25) is 5.91 Å². The minimum absolute atomic E-state index is 0.0446. The van der Waals surface area contributed by atoms with Gasteiger partial charge in [-0.25, -0.2) is 0 Å². The van der Waals surface area contributed by atoms with Gasteiger partial charge < -0.3 is 15.1 Å². The van der Waals surface area contributed by atoms with Crippen LogP contribution in [0.25, 0.3) is 0 Å². The Morgan fingerprint density at radius 1 is 0.889 bits per heavy atom. The Labute approximate surface area is 158 Å². The Morgan fingerprint density at radius 3 is 2.00 bits per heavy atom. The van der Waals surface area contributed by atoms with Crippen molar-refractivity contribution in [3.05, 3.63) is 95.4 Å². The van der Waals surface area contributed by atoms with Crippen molar-refractivity contribution < 1.29 is 14.0 Å². The minimum Gasteiger partial charge on any atom is -0.469 e. The molecule has 2 aromatic carbocycles. The third-order valence-corrected chi connectivity index (χ3v) is 4.42. The standard InChI is InChI=1S/C22H22N2O3/c1-16-19(12-13-27-16)22(26)24-15-21(25)23-14-20(17-8-4-2-5-9-17)18-10-6-3-7-11-18/h2-13,20H,14-15H2,1H3,(H,23,25)(H,24,26). The molecule has 0 aliphatic carbocycles. The van der Waals surface area contributed by atoms with E-state index in [0.29, 0.717) is 17.9 Å². The predicted octanol–water partition coefficient (Wildman–Crippen LogP) is 3.27. The highest BCUT2D eigenvalue weighted by Gasteiger charge is 2.16. The molecule has 138 valence electrons. The van der Waals surface area contributed by atoms with Crippen LogP contribution < -0.4 is 10.6 Å². The second-order valence-corrected chi connectivity index (χ2v) is 6.25. The van der Waals surface area contributed by atoms with Crippen LogP contribution in [0.5, 0.6) is 0 Å². The van der Waals surface area contributed by atoms with Gasteiger partial charge in [-0.05, 0) is 24.1 Å². The number of nitrogens with one attached hydrogen (secondary N) is 2. The second kappa shape index (κ2) is 8.85. The molecular weight excluding hydrogens is 340 g/mol. The topological polar surface area (TPSA) is 71.3 Å². The zero-order valence-corrected chi connectivity index (χ0v) is 15.1. The molecule has 27 heavy (non-hydrogen) atoms. The number of amides is 2. The Balaban J connectivity index is 1.59. The lowest BCUT2D eigenvalue weighted by Crippen LogP contribution is -2.38. The van der Waals surface area contributed by atoms with Crippen LogP contribution in [0.3, 0.4) is 0 Å². The SMILES string of the molecule is Cc1occc1C(=O)NCC(=O)NCC(c1ccccc1)c1ccccc1. The lowest BCUT2D eigenvalue weighted by molar-refractivity contribution is -0.120. The van der Waals surface area contributed by atoms with Gasteiger partial charge in [-0.3, -0.25) is 9.59 Å². The summed E-state index contributed by atoms with van der Waals surface area (Å²) in [5, 5.41) is 5.54. The molecule has 2 N–H and O–H groups in total. The molecule has 0 atom stereocenters. The zero-order chi connectivity index (χ0) is 19.1. The maximum atomic E-state index is 12.2. The summed E-state index contributed by atoms with van der Waals surface area (Å²) in [6.07, 6.45) is 1.45. The average Bonchev–Trinajstić information content (AvgIpc) is 3.14. The Hall–Kier alpha value is -3.34. The molecule has 0 fully saturated rings. The summed E-state index contributed by atoms with van der Waals surface area (Å²) in [6, 6.07) is 21.7. The first-order chi connectivity index (χ1) is 13.1. The van der Waals surface area contributed by atoms with Gasteiger partial charge in [-0.2, -0.15) is 0 Å². The number of benzene rings is 2. The summed E-state index contributed by atoms with van der Waals surface area (Å²) in [5.74, 6) is 0.0183. The number of hydrogen-bond acceptors (Lipinski definition) is 3. The number of carbonyl (C=O) groups is 2. The summed E-state index contributed by atoms with van der Waals surface area (Å²) in [6.45, 7) is 2.08. The van der Waals surface area contributed by atoms with Crippen LogP contribution in [0.1, 0.15) is 33.2 Å². The van der Waals surface area contributed by atoms with Crippen LogP contribution >= 0.6 is 0 Å². The molecule has 2 amide bonds. The van der Waals surface area contributed by atoms with E-state index in [2.05, 4.69) is 10.6 Å². The van der Waals surface area contributed by atoms with Crippen molar-refractivity contribution >= 4 is 11.8 Å². The van der Waals surface area contributed by atoms with Crippen LogP contribution in [0.15, 0.2) is 77.4 Å². The van der Waals surface area contributed by atoms with Crippen LogP contribution in [-0.4, -0.2) is 24.9 Å². The Bertz CT molecular complexity index is 849. The van der Waals surface area contributed by atoms with Crippen molar-refractivity contribution in [3.8, 4) is 0 Å². The van der Waals surface area contributed by atoms with E-state index in [1.54, 1.807) is 13.0 Å². The van der Waals surface area contributed by atoms with E-state index in [-0.39, 0.29) is 24.3 Å². The van der Waals surface area contributed by atoms with E-state index < -0.39 is 0 Å². The molecule has 0 bridgehead atoms. The highest BCUT2D eigenvalue weighted by molar-refractivity contribution is 5.97. The van der Waals surface area contributed by atoms with E-state index in [4.69, 9.17) is 4.42 Å². The molecule has 0 saturated carbocycles. The van der Waals surface area contributed by atoms with Gasteiger partial charge in [0.1, 0.15) is 5.76 Å². The first-order valence-corrected chi connectivity index (χ1v) is 8.84. The number of aryl methyl sites for hydroxylation is 1. The molecule has 3 aromatic rings. The van der Waals surface area contributed by atoms with Crippen molar-refractivity contribution in [1.82, 2.24) is 10.6 Å². The van der Waals surface area contributed by atoms with Crippen LogP contribution in [0, 0.1) is 6.92 Å². The van der Waals surface area contributed by atoms with Crippen molar-refractivity contribution in [2.45, 2.75) is 12.8 Å². The molecule has 0 aliphatic rings. The van der Waals surface area contributed by atoms with Crippen molar-refractivity contribution in [1.29, 1.82) is 0 Å². The van der Waals surface area contributed by atoms with E-state index >= 15 is 0 Å². The lowest BCUT2D eigenvalue weighted by atomic mass is 9.91. The molecule has 1 aromatic heterocycles. The number of furan rings is 1. The molecule has 0 aliphatic heterocycles. The molecule has 0 spiro atoms. The fraction of sp³-hybridized carbons (Fsp3) is 0.182. The van der Waals surface area contributed by atoms with Gasteiger partial charge in [0, 0.05) is 12.5 Å². The Kier molecular flexibility index (Phi) is 6.05. The lowest BCUT2D eigenvalue weighted by Gasteiger charge is -2.19. The third kappa shape index (κ3) is 4.85. The smallest absolute Gasteiger partial charge is 0.255 e. The summed E-state index contributed by atoms with van der Waals surface area (Å²) in [5.41, 5.74) is 2.69. The minimum atomic E-state index is -0.320. The molecule has 1 heterocycles. The summed E-state index contributed by atoms with van der Waals surface area (Å²) in [7, 11) is 0. The van der Waals surface area contributed by atoms with Crippen LogP contribution in [-0.2, 0) is 4.79 Å². The number of hydrogen-bond donors (Lipinski definition) is 2. The number of carbonyl (C=O) groups excluding carboxylic acids is 2. The highest BCUT2D eigenvalue weighted by Crippen LogP contribution is 2.23. The monoisotopic (exact) mass is 362 g/mol. The van der Waals surface area contributed by atoms with E-state index in [9.17, 15) is 9.59 Å².